The van der Waals surface area contributed by atoms with Crippen LogP contribution in [0.2, 0.25) is 0 Å². The number of nitrogens with zero attached hydrogens (tertiary/aromatic N) is 1. The largest absolute Gasteiger partial charge is 0.381 e. The van der Waals surface area contributed by atoms with Crippen LogP contribution in [0.5, 0.6) is 0 Å². The molecule has 120 valence electrons. The van der Waals surface area contributed by atoms with Crippen LogP contribution in [0.4, 0.5) is 0 Å². The van der Waals surface area contributed by atoms with E-state index in [9.17, 15) is 4.79 Å². The van der Waals surface area contributed by atoms with Gasteiger partial charge in [-0.25, -0.2) is 0 Å². The average Bonchev–Trinajstić information content (AvgIpc) is 2.61. The van der Waals surface area contributed by atoms with Gasteiger partial charge in [0, 0.05) is 30.1 Å². The zero-order valence-electron chi connectivity index (χ0n) is 12.7. The Bertz CT molecular complexity index is 657. The SMILES string of the molecule is O=C(NC(c1cccnc1)C1CCOCC1)c1ccccc1Br. The number of carbonyl (C=O) groups is 1. The van der Waals surface area contributed by atoms with Crippen LogP contribution in [0.15, 0.2) is 53.3 Å². The molecule has 3 rings (SSSR count). The van der Waals surface area contributed by atoms with Gasteiger partial charge in [0.05, 0.1) is 11.6 Å². The summed E-state index contributed by atoms with van der Waals surface area (Å²) in [6, 6.07) is 11.4. The molecule has 0 radical (unpaired) electrons. The van der Waals surface area contributed by atoms with Gasteiger partial charge in [0.15, 0.2) is 0 Å². The molecule has 0 bridgehead atoms. The summed E-state index contributed by atoms with van der Waals surface area (Å²) in [6.07, 6.45) is 5.46. The standard InChI is InChI=1S/C18H19BrN2O2/c19-16-6-2-1-5-15(16)18(22)21-17(13-7-10-23-11-8-13)14-4-3-9-20-12-14/h1-6,9,12-13,17H,7-8,10-11H2,(H,21,22). The maximum Gasteiger partial charge on any atom is 0.252 e. The van der Waals surface area contributed by atoms with Crippen molar-refractivity contribution in [2.24, 2.45) is 5.92 Å². The molecule has 1 saturated heterocycles. The Labute approximate surface area is 144 Å². The third kappa shape index (κ3) is 3.98. The smallest absolute Gasteiger partial charge is 0.252 e. The zero-order valence-corrected chi connectivity index (χ0v) is 14.3. The first kappa shape index (κ1) is 16.1. The lowest BCUT2D eigenvalue weighted by molar-refractivity contribution is 0.0513. The average molecular weight is 375 g/mol. The van der Waals surface area contributed by atoms with Crippen molar-refractivity contribution in [1.29, 1.82) is 0 Å². The summed E-state index contributed by atoms with van der Waals surface area (Å²) < 4.78 is 6.26. The van der Waals surface area contributed by atoms with Crippen LogP contribution in [-0.2, 0) is 4.74 Å². The number of halogens is 1. The molecular formula is C18H19BrN2O2. The third-order valence-corrected chi connectivity index (χ3v) is 4.88. The number of amides is 1. The van der Waals surface area contributed by atoms with Gasteiger partial charge in [0.2, 0.25) is 0 Å². The molecule has 1 N–H and O–H groups in total. The van der Waals surface area contributed by atoms with E-state index in [-0.39, 0.29) is 11.9 Å². The number of rotatable bonds is 4. The second-order valence-electron chi connectivity index (χ2n) is 5.67. The molecule has 5 heteroatoms. The van der Waals surface area contributed by atoms with E-state index in [1.54, 1.807) is 6.20 Å². The van der Waals surface area contributed by atoms with Crippen molar-refractivity contribution in [3.8, 4) is 0 Å². The van der Waals surface area contributed by atoms with Gasteiger partial charge in [-0.1, -0.05) is 18.2 Å². The van der Waals surface area contributed by atoms with Crippen molar-refractivity contribution in [1.82, 2.24) is 10.3 Å². The molecule has 1 unspecified atom stereocenters. The van der Waals surface area contributed by atoms with Crippen molar-refractivity contribution in [2.75, 3.05) is 13.2 Å². The molecule has 1 fully saturated rings. The monoisotopic (exact) mass is 374 g/mol. The quantitative estimate of drug-likeness (QED) is 0.886. The molecule has 1 aliphatic heterocycles. The van der Waals surface area contributed by atoms with Gasteiger partial charge < -0.3 is 10.1 Å². The van der Waals surface area contributed by atoms with E-state index >= 15 is 0 Å². The zero-order chi connectivity index (χ0) is 16.1. The molecule has 1 aromatic heterocycles. The van der Waals surface area contributed by atoms with E-state index in [0.29, 0.717) is 11.5 Å². The summed E-state index contributed by atoms with van der Waals surface area (Å²) >= 11 is 3.45. The van der Waals surface area contributed by atoms with Crippen molar-refractivity contribution in [2.45, 2.75) is 18.9 Å². The molecule has 1 aromatic carbocycles. The summed E-state index contributed by atoms with van der Waals surface area (Å²) in [4.78, 5) is 16.9. The summed E-state index contributed by atoms with van der Waals surface area (Å²) in [5.74, 6) is 0.289. The molecule has 0 saturated carbocycles. The maximum atomic E-state index is 12.7. The Hall–Kier alpha value is -1.72. The fourth-order valence-corrected chi connectivity index (χ4v) is 3.41. The number of ether oxygens (including phenoxy) is 1. The molecule has 2 heterocycles. The minimum absolute atomic E-state index is 0.0489. The number of benzene rings is 1. The molecule has 1 aliphatic rings. The van der Waals surface area contributed by atoms with Crippen molar-refractivity contribution < 1.29 is 9.53 Å². The molecule has 1 atom stereocenters. The number of hydrogen-bond donors (Lipinski definition) is 1. The molecule has 4 nitrogen and oxygen atoms in total. The van der Waals surface area contributed by atoms with E-state index in [1.807, 2.05) is 42.6 Å². The van der Waals surface area contributed by atoms with Crippen LogP contribution in [0.3, 0.4) is 0 Å². The topological polar surface area (TPSA) is 51.2 Å². The first-order chi connectivity index (χ1) is 11.3. The lowest BCUT2D eigenvalue weighted by Crippen LogP contribution is -2.36. The Morgan fingerprint density at radius 3 is 2.70 bits per heavy atom. The number of nitrogens with one attached hydrogen (secondary N) is 1. The second-order valence-corrected chi connectivity index (χ2v) is 6.52. The first-order valence-electron chi connectivity index (χ1n) is 7.79. The lowest BCUT2D eigenvalue weighted by Gasteiger charge is -2.31. The molecule has 2 aromatic rings. The van der Waals surface area contributed by atoms with E-state index in [1.165, 1.54) is 0 Å². The third-order valence-electron chi connectivity index (χ3n) is 4.19. The summed E-state index contributed by atoms with van der Waals surface area (Å²) in [5.41, 5.74) is 1.69. The van der Waals surface area contributed by atoms with Gasteiger partial charge in [-0.2, -0.15) is 0 Å². The number of aromatic nitrogens is 1. The number of pyridine rings is 1. The predicted octanol–water partition coefficient (Wildman–Crippen LogP) is 3.74. The van der Waals surface area contributed by atoms with Gasteiger partial charge in [-0.3, -0.25) is 9.78 Å². The van der Waals surface area contributed by atoms with Crippen LogP contribution in [0, 0.1) is 5.92 Å². The van der Waals surface area contributed by atoms with E-state index in [2.05, 4.69) is 26.2 Å². The Kier molecular flexibility index (Phi) is 5.41. The lowest BCUT2D eigenvalue weighted by atomic mass is 9.87. The van der Waals surface area contributed by atoms with Crippen LogP contribution in [0.1, 0.15) is 34.8 Å². The van der Waals surface area contributed by atoms with Gasteiger partial charge in [0.25, 0.3) is 5.91 Å². The van der Waals surface area contributed by atoms with E-state index < -0.39 is 0 Å². The highest BCUT2D eigenvalue weighted by Gasteiger charge is 2.27. The van der Waals surface area contributed by atoms with Crippen molar-refractivity contribution >= 4 is 21.8 Å². The van der Waals surface area contributed by atoms with Crippen LogP contribution in [0.25, 0.3) is 0 Å². The highest BCUT2D eigenvalue weighted by Crippen LogP contribution is 2.30. The molecule has 23 heavy (non-hydrogen) atoms. The Balaban J connectivity index is 1.84. The summed E-state index contributed by atoms with van der Waals surface area (Å²) in [5, 5.41) is 3.20. The van der Waals surface area contributed by atoms with Gasteiger partial charge in [0.1, 0.15) is 0 Å². The van der Waals surface area contributed by atoms with Crippen molar-refractivity contribution in [3.05, 3.63) is 64.4 Å². The van der Waals surface area contributed by atoms with Crippen LogP contribution >= 0.6 is 15.9 Å². The predicted molar refractivity (Wildman–Crippen MR) is 92.1 cm³/mol. The number of carbonyl (C=O) groups excluding carboxylic acids is 1. The van der Waals surface area contributed by atoms with Crippen LogP contribution in [-0.4, -0.2) is 24.1 Å². The van der Waals surface area contributed by atoms with Crippen molar-refractivity contribution in [3.63, 3.8) is 0 Å². The number of hydrogen-bond acceptors (Lipinski definition) is 3. The fraction of sp³-hybridized carbons (Fsp3) is 0.333. The highest BCUT2D eigenvalue weighted by molar-refractivity contribution is 9.10. The molecule has 0 aliphatic carbocycles. The van der Waals surface area contributed by atoms with Gasteiger partial charge in [-0.15, -0.1) is 0 Å². The Morgan fingerprint density at radius 1 is 1.22 bits per heavy atom. The maximum absolute atomic E-state index is 12.7. The fourth-order valence-electron chi connectivity index (χ4n) is 2.95. The minimum Gasteiger partial charge on any atom is -0.381 e. The van der Waals surface area contributed by atoms with E-state index in [0.717, 1.165) is 36.1 Å². The molecular weight excluding hydrogens is 356 g/mol. The molecule has 0 spiro atoms. The van der Waals surface area contributed by atoms with E-state index in [4.69, 9.17) is 4.74 Å². The van der Waals surface area contributed by atoms with Gasteiger partial charge in [-0.05, 0) is 58.5 Å². The summed E-state index contributed by atoms with van der Waals surface area (Å²) in [7, 11) is 0. The highest BCUT2D eigenvalue weighted by atomic mass is 79.9. The normalized spacial score (nSPS) is 16.7. The minimum atomic E-state index is -0.0715. The van der Waals surface area contributed by atoms with Gasteiger partial charge >= 0.3 is 0 Å². The summed E-state index contributed by atoms with van der Waals surface area (Å²) in [6.45, 7) is 1.48. The Morgan fingerprint density at radius 2 is 2.00 bits per heavy atom. The second kappa shape index (κ2) is 7.70. The van der Waals surface area contributed by atoms with Crippen LogP contribution < -0.4 is 5.32 Å². The molecule has 1 amide bonds. The first-order valence-corrected chi connectivity index (χ1v) is 8.58.